The van der Waals surface area contributed by atoms with E-state index in [4.69, 9.17) is 0 Å². The van der Waals surface area contributed by atoms with Crippen LogP contribution in [-0.2, 0) is 6.18 Å². The molecule has 1 aliphatic rings. The van der Waals surface area contributed by atoms with Gasteiger partial charge in [0.05, 0.1) is 17.4 Å². The van der Waals surface area contributed by atoms with Crippen molar-refractivity contribution in [3.63, 3.8) is 0 Å². The molecule has 1 aromatic carbocycles. The van der Waals surface area contributed by atoms with Gasteiger partial charge in [0.25, 0.3) is 5.91 Å². The standard InChI is InChI=1S/C15H16F3N5O/c16-15(17,18)10-2-1-3-12(8-10)23-9-13(21-22-23)14(24)20-11-4-6-19-7-5-11/h1-3,8-9,11,19H,4-7H2,(H,20,24). The highest BCUT2D eigenvalue weighted by Crippen LogP contribution is 2.30. The SMILES string of the molecule is O=C(NC1CCNCC1)c1cn(-c2cccc(C(F)(F)F)c2)nn1. The van der Waals surface area contributed by atoms with Crippen LogP contribution in [0.25, 0.3) is 5.69 Å². The van der Waals surface area contributed by atoms with Crippen molar-refractivity contribution in [2.75, 3.05) is 13.1 Å². The fourth-order valence-corrected chi connectivity index (χ4v) is 2.54. The fourth-order valence-electron chi connectivity index (χ4n) is 2.54. The van der Waals surface area contributed by atoms with Crippen LogP contribution in [-0.4, -0.2) is 40.0 Å². The third kappa shape index (κ3) is 3.73. The van der Waals surface area contributed by atoms with Crippen molar-refractivity contribution in [2.45, 2.75) is 25.1 Å². The van der Waals surface area contributed by atoms with Gasteiger partial charge in [0, 0.05) is 6.04 Å². The first-order valence-corrected chi connectivity index (χ1v) is 7.55. The van der Waals surface area contributed by atoms with Gasteiger partial charge in [-0.3, -0.25) is 4.79 Å². The molecule has 0 bridgehead atoms. The first kappa shape index (κ1) is 16.4. The minimum atomic E-state index is -4.44. The maximum atomic E-state index is 12.8. The molecule has 6 nitrogen and oxygen atoms in total. The lowest BCUT2D eigenvalue weighted by atomic mass is 10.1. The van der Waals surface area contributed by atoms with Crippen LogP contribution in [0, 0.1) is 0 Å². The first-order valence-electron chi connectivity index (χ1n) is 7.55. The zero-order valence-corrected chi connectivity index (χ0v) is 12.7. The lowest BCUT2D eigenvalue weighted by Crippen LogP contribution is -2.42. The summed E-state index contributed by atoms with van der Waals surface area (Å²) in [5.74, 6) is -0.375. The number of piperidine rings is 1. The highest BCUT2D eigenvalue weighted by molar-refractivity contribution is 5.92. The third-order valence-corrected chi connectivity index (χ3v) is 3.84. The molecule has 0 aliphatic carbocycles. The van der Waals surface area contributed by atoms with Crippen LogP contribution in [0.5, 0.6) is 0 Å². The van der Waals surface area contributed by atoms with Crippen LogP contribution in [0.3, 0.4) is 0 Å². The number of hydrogen-bond donors (Lipinski definition) is 2. The monoisotopic (exact) mass is 339 g/mol. The Labute approximate surface area is 136 Å². The molecular weight excluding hydrogens is 323 g/mol. The minimum Gasteiger partial charge on any atom is -0.348 e. The summed E-state index contributed by atoms with van der Waals surface area (Å²) < 4.78 is 39.4. The minimum absolute atomic E-state index is 0.0671. The van der Waals surface area contributed by atoms with Crippen LogP contribution in [0.4, 0.5) is 13.2 Å². The molecule has 1 aromatic heterocycles. The number of amides is 1. The van der Waals surface area contributed by atoms with E-state index in [1.807, 2.05) is 0 Å². The average Bonchev–Trinajstić information content (AvgIpc) is 3.05. The van der Waals surface area contributed by atoms with Crippen molar-refractivity contribution in [1.82, 2.24) is 25.6 Å². The zero-order valence-electron chi connectivity index (χ0n) is 12.7. The van der Waals surface area contributed by atoms with Crippen molar-refractivity contribution < 1.29 is 18.0 Å². The van der Waals surface area contributed by atoms with Gasteiger partial charge in [-0.25, -0.2) is 4.68 Å². The highest BCUT2D eigenvalue weighted by Gasteiger charge is 2.30. The third-order valence-electron chi connectivity index (χ3n) is 3.84. The van der Waals surface area contributed by atoms with Crippen LogP contribution in [0.2, 0.25) is 0 Å². The number of aromatic nitrogens is 3. The van der Waals surface area contributed by atoms with Crippen molar-refractivity contribution in [3.05, 3.63) is 41.7 Å². The van der Waals surface area contributed by atoms with E-state index < -0.39 is 11.7 Å². The first-order chi connectivity index (χ1) is 11.4. The van der Waals surface area contributed by atoms with Crippen molar-refractivity contribution in [3.8, 4) is 5.69 Å². The van der Waals surface area contributed by atoms with E-state index in [1.165, 1.54) is 18.3 Å². The summed E-state index contributed by atoms with van der Waals surface area (Å²) in [5.41, 5.74) is -0.514. The molecule has 1 aliphatic heterocycles. The summed E-state index contributed by atoms with van der Waals surface area (Å²) in [6.07, 6.45) is -1.46. The number of alkyl halides is 3. The summed E-state index contributed by atoms with van der Waals surface area (Å²) in [7, 11) is 0. The normalized spacial score (nSPS) is 16.1. The Morgan fingerprint density at radius 2 is 2.04 bits per heavy atom. The molecule has 1 saturated heterocycles. The lowest BCUT2D eigenvalue weighted by Gasteiger charge is -2.23. The molecule has 9 heteroatoms. The molecule has 1 fully saturated rings. The molecule has 3 rings (SSSR count). The number of hydrogen-bond acceptors (Lipinski definition) is 4. The molecule has 24 heavy (non-hydrogen) atoms. The maximum absolute atomic E-state index is 12.8. The Balaban J connectivity index is 1.74. The van der Waals surface area contributed by atoms with Gasteiger partial charge in [-0.15, -0.1) is 5.10 Å². The Bertz CT molecular complexity index is 722. The molecule has 1 amide bonds. The van der Waals surface area contributed by atoms with E-state index in [-0.39, 0.29) is 23.3 Å². The van der Waals surface area contributed by atoms with Gasteiger partial charge in [-0.05, 0) is 44.1 Å². The van der Waals surface area contributed by atoms with Crippen molar-refractivity contribution in [2.24, 2.45) is 0 Å². The van der Waals surface area contributed by atoms with Crippen molar-refractivity contribution >= 4 is 5.91 Å². The maximum Gasteiger partial charge on any atom is 0.416 e. The second-order valence-corrected chi connectivity index (χ2v) is 5.59. The molecule has 0 radical (unpaired) electrons. The highest BCUT2D eigenvalue weighted by atomic mass is 19.4. The number of nitrogens with zero attached hydrogens (tertiary/aromatic N) is 3. The van der Waals surface area contributed by atoms with Crippen LogP contribution in [0.1, 0.15) is 28.9 Å². The van der Waals surface area contributed by atoms with Crippen LogP contribution in [0.15, 0.2) is 30.5 Å². The van der Waals surface area contributed by atoms with Gasteiger partial charge in [-0.1, -0.05) is 11.3 Å². The summed E-state index contributed by atoms with van der Waals surface area (Å²) in [6.45, 7) is 1.67. The van der Waals surface area contributed by atoms with Gasteiger partial charge < -0.3 is 10.6 Å². The molecule has 128 valence electrons. The van der Waals surface area contributed by atoms with E-state index in [2.05, 4.69) is 20.9 Å². The molecular formula is C15H16F3N5O. The Hall–Kier alpha value is -2.42. The predicted octanol–water partition coefficient (Wildman–Crippen LogP) is 1.77. The molecule has 2 N–H and O–H groups in total. The van der Waals surface area contributed by atoms with Gasteiger partial charge in [-0.2, -0.15) is 13.2 Å². The summed E-state index contributed by atoms with van der Waals surface area (Å²) in [4.78, 5) is 12.2. The smallest absolute Gasteiger partial charge is 0.348 e. The zero-order chi connectivity index (χ0) is 17.2. The second-order valence-electron chi connectivity index (χ2n) is 5.59. The van der Waals surface area contributed by atoms with E-state index >= 15 is 0 Å². The lowest BCUT2D eigenvalue weighted by molar-refractivity contribution is -0.137. The van der Waals surface area contributed by atoms with E-state index in [9.17, 15) is 18.0 Å². The van der Waals surface area contributed by atoms with E-state index in [0.29, 0.717) is 0 Å². The largest absolute Gasteiger partial charge is 0.416 e. The molecule has 2 heterocycles. The van der Waals surface area contributed by atoms with E-state index in [1.54, 1.807) is 0 Å². The number of benzene rings is 1. The Morgan fingerprint density at radius 1 is 1.29 bits per heavy atom. The van der Waals surface area contributed by atoms with Crippen LogP contribution >= 0.6 is 0 Å². The fraction of sp³-hybridized carbons (Fsp3) is 0.400. The molecule has 0 spiro atoms. The van der Waals surface area contributed by atoms with Gasteiger partial charge >= 0.3 is 6.18 Å². The van der Waals surface area contributed by atoms with Crippen molar-refractivity contribution in [1.29, 1.82) is 0 Å². The molecule has 0 saturated carbocycles. The number of rotatable bonds is 3. The number of halogens is 3. The quantitative estimate of drug-likeness (QED) is 0.894. The molecule has 2 aromatic rings. The van der Waals surface area contributed by atoms with E-state index in [0.717, 1.165) is 42.7 Å². The second kappa shape index (κ2) is 6.60. The number of carbonyl (C=O) groups is 1. The summed E-state index contributed by atoms with van der Waals surface area (Å²) in [5, 5.41) is 13.6. The number of nitrogens with one attached hydrogen (secondary N) is 2. The topological polar surface area (TPSA) is 71.8 Å². The van der Waals surface area contributed by atoms with Gasteiger partial charge in [0.2, 0.25) is 0 Å². The molecule has 0 atom stereocenters. The van der Waals surface area contributed by atoms with Crippen LogP contribution < -0.4 is 10.6 Å². The van der Waals surface area contributed by atoms with Gasteiger partial charge in [0.1, 0.15) is 0 Å². The Kier molecular flexibility index (Phi) is 4.52. The predicted molar refractivity (Wildman–Crippen MR) is 79.7 cm³/mol. The number of carbonyl (C=O) groups excluding carboxylic acids is 1. The average molecular weight is 339 g/mol. The molecule has 0 unspecified atom stereocenters. The summed E-state index contributed by atoms with van der Waals surface area (Å²) in [6, 6.07) is 4.76. The summed E-state index contributed by atoms with van der Waals surface area (Å²) >= 11 is 0. The van der Waals surface area contributed by atoms with Gasteiger partial charge in [0.15, 0.2) is 5.69 Å². The Morgan fingerprint density at radius 3 is 2.75 bits per heavy atom.